The summed E-state index contributed by atoms with van der Waals surface area (Å²) < 4.78 is 44.9. The van der Waals surface area contributed by atoms with Gasteiger partial charge < -0.3 is 10.1 Å². The van der Waals surface area contributed by atoms with E-state index in [1.807, 2.05) is 0 Å². The maximum Gasteiger partial charge on any atom is 0.440 e. The summed E-state index contributed by atoms with van der Waals surface area (Å²) in [6.45, 7) is 0. The number of nitrogens with zero attached hydrogens (tertiary/aromatic N) is 1. The number of carbonyl (C=O) groups is 3. The number of ether oxygens (including phenoxy) is 1. The number of hydrogen-bond acceptors (Lipinski definition) is 4. The Balaban J connectivity index is 2.38. The number of nitrogens with one attached hydrogen (secondary N) is 2. The lowest BCUT2D eigenvalue weighted by molar-refractivity contribution is -0.199. The molecule has 1 aromatic carbocycles. The highest BCUT2D eigenvalue weighted by Gasteiger charge is 2.68. The molecular weight excluding hydrogens is 319 g/mol. The molecule has 0 spiro atoms. The largest absolute Gasteiger partial charge is 0.497 e. The second-order valence-corrected chi connectivity index (χ2v) is 4.73. The zero-order valence-corrected chi connectivity index (χ0v) is 12.0. The molecular formula is C13H12F3N3O4. The number of hydrogen-bond donors (Lipinski definition) is 2. The van der Waals surface area contributed by atoms with Gasteiger partial charge in [-0.15, -0.1) is 0 Å². The molecule has 2 rings (SSSR count). The van der Waals surface area contributed by atoms with E-state index in [1.165, 1.54) is 36.7 Å². The van der Waals surface area contributed by atoms with Crippen LogP contribution in [-0.4, -0.2) is 48.7 Å². The monoisotopic (exact) mass is 331 g/mol. The minimum absolute atomic E-state index is 0.162. The fourth-order valence-corrected chi connectivity index (χ4v) is 2.00. The van der Waals surface area contributed by atoms with Crippen molar-refractivity contribution in [3.05, 3.63) is 29.8 Å². The molecule has 0 radical (unpaired) electrons. The molecule has 7 nitrogen and oxygen atoms in total. The van der Waals surface area contributed by atoms with Crippen LogP contribution in [0.5, 0.6) is 5.75 Å². The molecule has 1 heterocycles. The number of halogens is 3. The topological polar surface area (TPSA) is 87.7 Å². The lowest BCUT2D eigenvalue weighted by Crippen LogP contribution is -2.69. The minimum atomic E-state index is -5.22. The Morgan fingerprint density at radius 1 is 1.35 bits per heavy atom. The zero-order chi connectivity index (χ0) is 17.4. The van der Waals surface area contributed by atoms with Crippen molar-refractivity contribution in [2.45, 2.75) is 11.8 Å². The summed E-state index contributed by atoms with van der Waals surface area (Å²) in [5.74, 6) is -2.56. The summed E-state index contributed by atoms with van der Waals surface area (Å²) in [6, 6.07) is 4.07. The predicted molar refractivity (Wildman–Crippen MR) is 70.5 cm³/mol. The van der Waals surface area contributed by atoms with E-state index < -0.39 is 29.7 Å². The molecule has 2 N–H and O–H groups in total. The van der Waals surface area contributed by atoms with Crippen molar-refractivity contribution in [2.75, 3.05) is 14.2 Å². The summed E-state index contributed by atoms with van der Waals surface area (Å²) in [7, 11) is 2.20. The Morgan fingerprint density at radius 2 is 2.00 bits per heavy atom. The molecule has 1 aliphatic rings. The van der Waals surface area contributed by atoms with Gasteiger partial charge in [-0.3, -0.25) is 19.8 Å². The smallest absolute Gasteiger partial charge is 0.440 e. The number of urea groups is 1. The Hall–Kier alpha value is -2.78. The normalized spacial score (nSPS) is 21.2. The van der Waals surface area contributed by atoms with Gasteiger partial charge in [0.2, 0.25) is 0 Å². The van der Waals surface area contributed by atoms with E-state index in [9.17, 15) is 27.6 Å². The van der Waals surface area contributed by atoms with E-state index >= 15 is 0 Å². The van der Waals surface area contributed by atoms with Crippen LogP contribution in [0.2, 0.25) is 0 Å². The van der Waals surface area contributed by atoms with E-state index in [4.69, 9.17) is 4.74 Å². The molecule has 124 valence electrons. The molecule has 1 aliphatic heterocycles. The van der Waals surface area contributed by atoms with E-state index in [0.717, 1.165) is 7.05 Å². The number of carbonyl (C=O) groups excluding carboxylic acids is 3. The highest BCUT2D eigenvalue weighted by molar-refractivity contribution is 6.10. The first-order valence-corrected chi connectivity index (χ1v) is 6.26. The van der Waals surface area contributed by atoms with Crippen LogP contribution >= 0.6 is 0 Å². The molecule has 1 aromatic rings. The maximum atomic E-state index is 13.3. The van der Waals surface area contributed by atoms with Crippen molar-refractivity contribution >= 4 is 17.8 Å². The van der Waals surface area contributed by atoms with Gasteiger partial charge in [0.05, 0.1) is 7.11 Å². The van der Waals surface area contributed by atoms with Crippen molar-refractivity contribution in [1.82, 2.24) is 15.5 Å². The van der Waals surface area contributed by atoms with Gasteiger partial charge in [0.1, 0.15) is 5.75 Å². The van der Waals surface area contributed by atoms with Crippen LogP contribution in [0, 0.1) is 0 Å². The first kappa shape index (κ1) is 16.6. The van der Waals surface area contributed by atoms with Crippen LogP contribution < -0.4 is 15.4 Å². The molecule has 0 aliphatic carbocycles. The standard InChI is InChI=1S/C13H12F3N3O4/c1-19-10(21)12(13(14,15)16,18-11(19)22)17-9(20)7-4-3-5-8(6-7)23-2/h3-6H,1-2H3,(H,17,20)(H,18,22)/t12-/m1/s1. The fraction of sp³-hybridized carbons (Fsp3) is 0.308. The third-order valence-corrected chi connectivity index (χ3v) is 3.28. The number of rotatable bonds is 3. The summed E-state index contributed by atoms with van der Waals surface area (Å²) in [5.41, 5.74) is -3.66. The van der Waals surface area contributed by atoms with Crippen LogP contribution in [0.1, 0.15) is 10.4 Å². The van der Waals surface area contributed by atoms with Crippen molar-refractivity contribution in [3.63, 3.8) is 0 Å². The predicted octanol–water partition coefficient (Wildman–Crippen LogP) is 0.865. The lowest BCUT2D eigenvalue weighted by atomic mass is 10.1. The number of amides is 4. The van der Waals surface area contributed by atoms with Gasteiger partial charge in [-0.25, -0.2) is 4.79 Å². The molecule has 0 aromatic heterocycles. The van der Waals surface area contributed by atoms with E-state index in [-0.39, 0.29) is 16.2 Å². The summed E-state index contributed by atoms with van der Waals surface area (Å²) >= 11 is 0. The molecule has 4 amide bonds. The van der Waals surface area contributed by atoms with Crippen molar-refractivity contribution in [3.8, 4) is 5.75 Å². The van der Waals surface area contributed by atoms with Crippen LogP contribution in [-0.2, 0) is 4.79 Å². The van der Waals surface area contributed by atoms with Gasteiger partial charge in [0.25, 0.3) is 17.5 Å². The van der Waals surface area contributed by atoms with Gasteiger partial charge in [-0.1, -0.05) is 6.07 Å². The highest BCUT2D eigenvalue weighted by Crippen LogP contribution is 2.33. The molecule has 0 unspecified atom stereocenters. The maximum absolute atomic E-state index is 13.3. The third-order valence-electron chi connectivity index (χ3n) is 3.28. The second kappa shape index (κ2) is 5.45. The number of alkyl halides is 3. The molecule has 23 heavy (non-hydrogen) atoms. The molecule has 1 fully saturated rings. The molecule has 10 heteroatoms. The van der Waals surface area contributed by atoms with Crippen LogP contribution in [0.3, 0.4) is 0 Å². The van der Waals surface area contributed by atoms with Gasteiger partial charge in [0.15, 0.2) is 0 Å². The first-order chi connectivity index (χ1) is 10.6. The Bertz CT molecular complexity index is 677. The van der Waals surface area contributed by atoms with Crippen LogP contribution in [0.4, 0.5) is 18.0 Å². The van der Waals surface area contributed by atoms with Gasteiger partial charge in [0, 0.05) is 12.6 Å². The molecule has 0 bridgehead atoms. The van der Waals surface area contributed by atoms with Crippen molar-refractivity contribution < 1.29 is 32.3 Å². The van der Waals surface area contributed by atoms with Crippen LogP contribution in [0.15, 0.2) is 24.3 Å². The van der Waals surface area contributed by atoms with Crippen molar-refractivity contribution in [1.29, 1.82) is 0 Å². The first-order valence-electron chi connectivity index (χ1n) is 6.26. The molecule has 0 saturated carbocycles. The zero-order valence-electron chi connectivity index (χ0n) is 12.0. The summed E-state index contributed by atoms with van der Waals surface area (Å²) in [4.78, 5) is 35.6. The minimum Gasteiger partial charge on any atom is -0.497 e. The average Bonchev–Trinajstić information content (AvgIpc) is 2.72. The van der Waals surface area contributed by atoms with E-state index in [0.29, 0.717) is 0 Å². The number of likely N-dealkylation sites (N-methyl/N-ethyl adjacent to an activating group) is 1. The highest BCUT2D eigenvalue weighted by atomic mass is 19.4. The fourth-order valence-electron chi connectivity index (χ4n) is 2.00. The average molecular weight is 331 g/mol. The van der Waals surface area contributed by atoms with Crippen LogP contribution in [0.25, 0.3) is 0 Å². The Kier molecular flexibility index (Phi) is 3.93. The SMILES string of the molecule is COc1cccc(C(=O)N[C@@]2(C(F)(F)F)NC(=O)N(C)C2=O)c1. The van der Waals surface area contributed by atoms with Gasteiger partial charge >= 0.3 is 12.2 Å². The van der Waals surface area contributed by atoms with Gasteiger partial charge in [-0.05, 0) is 18.2 Å². The summed E-state index contributed by atoms with van der Waals surface area (Å²) in [6.07, 6.45) is -5.22. The third kappa shape index (κ3) is 2.67. The quantitative estimate of drug-likeness (QED) is 0.805. The summed E-state index contributed by atoms with van der Waals surface area (Å²) in [5, 5.41) is 3.05. The number of methoxy groups -OCH3 is 1. The van der Waals surface area contributed by atoms with Crippen molar-refractivity contribution in [2.24, 2.45) is 0 Å². The Labute approximate surface area is 128 Å². The number of imide groups is 1. The Morgan fingerprint density at radius 3 is 2.48 bits per heavy atom. The number of benzene rings is 1. The second-order valence-electron chi connectivity index (χ2n) is 4.73. The van der Waals surface area contributed by atoms with E-state index in [1.54, 1.807) is 5.32 Å². The lowest BCUT2D eigenvalue weighted by Gasteiger charge is -2.29. The molecule has 1 atom stereocenters. The molecule has 1 saturated heterocycles. The van der Waals surface area contributed by atoms with Gasteiger partial charge in [-0.2, -0.15) is 13.2 Å². The van der Waals surface area contributed by atoms with E-state index in [2.05, 4.69) is 0 Å².